The second-order valence-electron chi connectivity index (χ2n) is 11.3. The minimum atomic E-state index is -1.03. The molecule has 0 spiro atoms. The van der Waals surface area contributed by atoms with Crippen molar-refractivity contribution in [2.75, 3.05) is 0 Å². The molecule has 0 aliphatic heterocycles. The van der Waals surface area contributed by atoms with Crippen molar-refractivity contribution >= 4 is 25.7 Å². The summed E-state index contributed by atoms with van der Waals surface area (Å²) in [7, 11) is -1.32. The molecule has 0 aromatic rings. The molecule has 6 heteroatoms. The first-order chi connectivity index (χ1) is 13.6. The van der Waals surface area contributed by atoms with Gasteiger partial charge in [-0.2, -0.15) is 22.3 Å². The molecule has 0 aromatic carbocycles. The molecule has 0 heterocycles. The van der Waals surface area contributed by atoms with E-state index in [-0.39, 0.29) is 51.0 Å². The summed E-state index contributed by atoms with van der Waals surface area (Å²) in [6, 6.07) is 0. The molecule has 0 saturated heterocycles. The standard InChI is InChI=1S/2C12H19Si.C2H7Si.2ClH.Zr/c2*1-13(2,3)12-9-8-10-6-4-5-7-11(10)12;1-3-2;;;/h2*8,12H,4-7H2,1-3H3;3H,1-2H3;2*1H;/q2*-1;;;;+4/p-2/t2*12-;;;;/m10..../s1. The van der Waals surface area contributed by atoms with Crippen LogP contribution in [0, 0.1) is 12.2 Å². The second-order valence-corrected chi connectivity index (χ2v) is 23.1. The van der Waals surface area contributed by atoms with Crippen molar-refractivity contribution in [3.63, 3.8) is 0 Å². The summed E-state index contributed by atoms with van der Waals surface area (Å²) in [5.74, 6) is 0. The normalized spacial score (nSPS) is 23.4. The third kappa shape index (κ3) is 9.98. The first kappa shape index (κ1) is 35.2. The zero-order valence-corrected chi connectivity index (χ0v) is 28.9. The van der Waals surface area contributed by atoms with Gasteiger partial charge < -0.3 is 24.8 Å². The molecule has 0 amide bonds. The van der Waals surface area contributed by atoms with Gasteiger partial charge in [0.05, 0.1) is 0 Å². The third-order valence-electron chi connectivity index (χ3n) is 6.39. The summed E-state index contributed by atoms with van der Waals surface area (Å²) in [6.07, 6.45) is 22.8. The van der Waals surface area contributed by atoms with Crippen molar-refractivity contribution in [2.45, 2.75) is 115 Å². The minimum Gasteiger partial charge on any atom is -1.00 e. The summed E-state index contributed by atoms with van der Waals surface area (Å²) in [5.41, 5.74) is 8.26. The zero-order chi connectivity index (χ0) is 21.7. The average Bonchev–Trinajstić information content (AvgIpc) is 3.26. The molecule has 0 aromatic heterocycles. The van der Waals surface area contributed by atoms with E-state index in [0.29, 0.717) is 0 Å². The molecular formula is C26H45Cl2Si3Zr. The molecule has 0 fully saturated rings. The van der Waals surface area contributed by atoms with Crippen LogP contribution in [0.15, 0.2) is 34.4 Å². The van der Waals surface area contributed by atoms with Gasteiger partial charge in [0.25, 0.3) is 0 Å². The van der Waals surface area contributed by atoms with E-state index < -0.39 is 16.1 Å². The van der Waals surface area contributed by atoms with E-state index in [1.165, 1.54) is 51.4 Å². The Morgan fingerprint density at radius 2 is 0.938 bits per heavy atom. The van der Waals surface area contributed by atoms with Crippen molar-refractivity contribution in [1.82, 2.24) is 0 Å². The van der Waals surface area contributed by atoms with Crippen LogP contribution in [0.5, 0.6) is 0 Å². The van der Waals surface area contributed by atoms with Crippen LogP contribution in [0.3, 0.4) is 0 Å². The van der Waals surface area contributed by atoms with Crippen molar-refractivity contribution in [2.24, 2.45) is 0 Å². The quantitative estimate of drug-likeness (QED) is 0.336. The molecule has 0 bridgehead atoms. The van der Waals surface area contributed by atoms with E-state index >= 15 is 0 Å². The van der Waals surface area contributed by atoms with Crippen LogP contribution in [0.4, 0.5) is 0 Å². The Balaban J connectivity index is 0. The second kappa shape index (κ2) is 15.9. The fourth-order valence-electron chi connectivity index (χ4n) is 5.01. The van der Waals surface area contributed by atoms with Crippen LogP contribution in [-0.2, 0) is 26.2 Å². The molecule has 0 nitrogen and oxygen atoms in total. The van der Waals surface area contributed by atoms with E-state index in [4.69, 9.17) is 0 Å². The molecule has 0 unspecified atom stereocenters. The molecule has 4 aliphatic rings. The Kier molecular flexibility index (Phi) is 17.6. The van der Waals surface area contributed by atoms with Gasteiger partial charge in [-0.15, -0.1) is 0 Å². The topological polar surface area (TPSA) is 0 Å². The van der Waals surface area contributed by atoms with Gasteiger partial charge in [0.15, 0.2) is 0 Å². The summed E-state index contributed by atoms with van der Waals surface area (Å²) >= 11 is 0. The maximum Gasteiger partial charge on any atom is 4.00 e. The Morgan fingerprint density at radius 3 is 1.22 bits per heavy atom. The summed E-state index contributed by atoms with van der Waals surface area (Å²) < 4.78 is 0. The monoisotopic (exact) mass is 601 g/mol. The van der Waals surface area contributed by atoms with Crippen LogP contribution in [0.1, 0.15) is 51.4 Å². The fourth-order valence-corrected chi connectivity index (χ4v) is 8.92. The van der Waals surface area contributed by atoms with Gasteiger partial charge >= 0.3 is 26.2 Å². The third-order valence-corrected chi connectivity index (χ3v) is 10.9. The van der Waals surface area contributed by atoms with Gasteiger partial charge in [-0.3, -0.25) is 12.2 Å². The molecule has 4 rings (SSSR count). The van der Waals surface area contributed by atoms with E-state index in [0.717, 1.165) is 20.6 Å². The van der Waals surface area contributed by atoms with Gasteiger partial charge in [-0.05, 0) is 12.8 Å². The van der Waals surface area contributed by atoms with Crippen LogP contribution < -0.4 is 24.8 Å². The number of halogens is 2. The van der Waals surface area contributed by atoms with Gasteiger partial charge in [-0.25, -0.2) is 12.2 Å². The molecule has 32 heavy (non-hydrogen) atoms. The Morgan fingerprint density at radius 1 is 0.656 bits per heavy atom. The largest absolute Gasteiger partial charge is 4.00 e. The average molecular weight is 604 g/mol. The van der Waals surface area contributed by atoms with E-state index in [2.05, 4.69) is 76.7 Å². The zero-order valence-electron chi connectivity index (χ0n) is 21.8. The summed E-state index contributed by atoms with van der Waals surface area (Å²) in [6.45, 7) is 19.2. The fraction of sp³-hybridized carbons (Fsp3) is 0.692. The number of hydrogen-bond acceptors (Lipinski definition) is 0. The first-order valence-electron chi connectivity index (χ1n) is 12.0. The SMILES string of the molecule is C[SiH]C.C[Si](C)(C)[C@@H]1[C-]=CC2=C1CCCC2.C[Si](C)(C)[C@H]1[C-]=CC2=C1CCCC2.[Cl-].[Cl-].[Zr+4]. The van der Waals surface area contributed by atoms with E-state index in [1.807, 2.05) is 0 Å². The maximum atomic E-state index is 3.60. The van der Waals surface area contributed by atoms with Crippen molar-refractivity contribution < 1.29 is 51.0 Å². The van der Waals surface area contributed by atoms with Crippen molar-refractivity contribution in [3.8, 4) is 0 Å². The number of rotatable bonds is 2. The molecule has 2 atom stereocenters. The maximum absolute atomic E-state index is 3.60. The first-order valence-corrected chi connectivity index (χ1v) is 21.4. The smallest absolute Gasteiger partial charge is 1.00 e. The van der Waals surface area contributed by atoms with Gasteiger partial charge in [0.1, 0.15) is 0 Å². The predicted molar refractivity (Wildman–Crippen MR) is 140 cm³/mol. The van der Waals surface area contributed by atoms with E-state index in [1.54, 1.807) is 22.3 Å². The number of hydrogen-bond donors (Lipinski definition) is 0. The molecular weight excluding hydrogens is 559 g/mol. The van der Waals surface area contributed by atoms with Crippen LogP contribution in [0.2, 0.25) is 63.5 Å². The Bertz CT molecular complexity index is 624. The van der Waals surface area contributed by atoms with Crippen molar-refractivity contribution in [1.29, 1.82) is 0 Å². The van der Waals surface area contributed by atoms with Gasteiger partial charge in [0, 0.05) is 25.7 Å². The molecule has 0 saturated carbocycles. The minimum absolute atomic E-state index is 0. The van der Waals surface area contributed by atoms with Crippen LogP contribution in [0.25, 0.3) is 0 Å². The van der Waals surface area contributed by atoms with Crippen LogP contribution >= 0.6 is 0 Å². The molecule has 179 valence electrons. The predicted octanol–water partition coefficient (Wildman–Crippen LogP) is 2.40. The van der Waals surface area contributed by atoms with E-state index in [9.17, 15) is 0 Å². The van der Waals surface area contributed by atoms with Gasteiger partial charge in [-0.1, -0.05) is 102 Å². The van der Waals surface area contributed by atoms with Crippen molar-refractivity contribution in [3.05, 3.63) is 46.6 Å². The summed E-state index contributed by atoms with van der Waals surface area (Å²) in [4.78, 5) is 0. The number of allylic oxidation sites excluding steroid dienone is 8. The molecule has 0 N–H and O–H groups in total. The summed E-state index contributed by atoms with van der Waals surface area (Å²) in [5, 5.41) is 0. The molecule has 1 radical (unpaired) electrons. The Labute approximate surface area is 236 Å². The Hall–Kier alpha value is 1.07. The molecule has 4 aliphatic carbocycles. The van der Waals surface area contributed by atoms with Gasteiger partial charge in [0.2, 0.25) is 0 Å². The van der Waals surface area contributed by atoms with Crippen LogP contribution in [-0.4, -0.2) is 25.7 Å².